The minimum Gasteiger partial charge on any atom is -0.381 e. The minimum absolute atomic E-state index is 0.830. The molecule has 0 bridgehead atoms. The average Bonchev–Trinajstić information content (AvgIpc) is 2.49. The molecule has 3 rings (SSSR count). The zero-order valence-electron chi connectivity index (χ0n) is 12.3. The van der Waals surface area contributed by atoms with Crippen molar-refractivity contribution in [2.75, 3.05) is 50.8 Å². The van der Waals surface area contributed by atoms with E-state index in [1.54, 1.807) is 6.33 Å². The van der Waals surface area contributed by atoms with Gasteiger partial charge in [0.15, 0.2) is 0 Å². The lowest BCUT2D eigenvalue weighted by Crippen LogP contribution is -2.48. The number of rotatable bonds is 3. The molecule has 3 heterocycles. The van der Waals surface area contributed by atoms with Crippen molar-refractivity contribution < 1.29 is 4.74 Å². The van der Waals surface area contributed by atoms with E-state index in [0.29, 0.717) is 0 Å². The van der Waals surface area contributed by atoms with E-state index in [-0.39, 0.29) is 0 Å². The van der Waals surface area contributed by atoms with Gasteiger partial charge < -0.3 is 9.64 Å². The molecule has 1 aromatic heterocycles. The first-order valence-electron chi connectivity index (χ1n) is 7.65. The highest BCUT2D eigenvalue weighted by molar-refractivity contribution is 5.39. The number of hydrogen-bond acceptors (Lipinski definition) is 5. The van der Waals surface area contributed by atoms with E-state index in [9.17, 15) is 0 Å². The van der Waals surface area contributed by atoms with Crippen LogP contribution in [0, 0.1) is 12.8 Å². The Balaban J connectivity index is 1.49. The van der Waals surface area contributed by atoms with E-state index >= 15 is 0 Å². The number of nitrogens with zero attached hydrogens (tertiary/aromatic N) is 4. The Kier molecular flexibility index (Phi) is 4.47. The fraction of sp³-hybridized carbons (Fsp3) is 0.733. The van der Waals surface area contributed by atoms with Crippen LogP contribution in [-0.2, 0) is 4.74 Å². The zero-order valence-corrected chi connectivity index (χ0v) is 12.3. The molecule has 0 aromatic carbocycles. The van der Waals surface area contributed by atoms with Crippen LogP contribution < -0.4 is 4.90 Å². The summed E-state index contributed by atoms with van der Waals surface area (Å²) in [5, 5.41) is 0. The molecule has 0 radical (unpaired) electrons. The number of ether oxygens (including phenoxy) is 1. The highest BCUT2D eigenvalue weighted by atomic mass is 16.5. The summed E-state index contributed by atoms with van der Waals surface area (Å²) in [5.41, 5.74) is 1.04. The third-order valence-electron chi connectivity index (χ3n) is 4.34. The molecule has 110 valence electrons. The first-order valence-corrected chi connectivity index (χ1v) is 7.65. The van der Waals surface area contributed by atoms with Crippen molar-refractivity contribution in [1.82, 2.24) is 14.9 Å². The molecule has 0 atom stereocenters. The van der Waals surface area contributed by atoms with Gasteiger partial charge in [-0.3, -0.25) is 4.90 Å². The third kappa shape index (κ3) is 3.46. The first kappa shape index (κ1) is 13.8. The van der Waals surface area contributed by atoms with Crippen LogP contribution in [0.1, 0.15) is 18.5 Å². The Labute approximate surface area is 121 Å². The summed E-state index contributed by atoms with van der Waals surface area (Å²) in [6.45, 7) is 9.57. The van der Waals surface area contributed by atoms with Crippen molar-refractivity contribution in [2.45, 2.75) is 19.8 Å². The van der Waals surface area contributed by atoms with Crippen LogP contribution in [0.25, 0.3) is 0 Å². The smallest absolute Gasteiger partial charge is 0.132 e. The molecule has 20 heavy (non-hydrogen) atoms. The second kappa shape index (κ2) is 6.50. The molecule has 0 amide bonds. The molecule has 2 saturated heterocycles. The van der Waals surface area contributed by atoms with Crippen molar-refractivity contribution in [3.05, 3.63) is 18.1 Å². The molecule has 2 aliphatic heterocycles. The molecule has 2 aliphatic rings. The molecule has 5 heteroatoms. The Bertz CT molecular complexity index is 426. The van der Waals surface area contributed by atoms with Crippen LogP contribution in [-0.4, -0.2) is 60.8 Å². The van der Waals surface area contributed by atoms with Gasteiger partial charge in [-0.1, -0.05) is 0 Å². The van der Waals surface area contributed by atoms with E-state index in [4.69, 9.17) is 4.74 Å². The molecular formula is C15H24N4O. The van der Waals surface area contributed by atoms with E-state index in [2.05, 4.69) is 25.8 Å². The van der Waals surface area contributed by atoms with Gasteiger partial charge in [0.05, 0.1) is 0 Å². The number of hydrogen-bond donors (Lipinski definition) is 0. The van der Waals surface area contributed by atoms with E-state index in [1.807, 2.05) is 6.92 Å². The molecule has 5 nitrogen and oxygen atoms in total. The molecule has 1 aromatic rings. The maximum Gasteiger partial charge on any atom is 0.132 e. The Morgan fingerprint density at radius 1 is 1.15 bits per heavy atom. The monoisotopic (exact) mass is 276 g/mol. The molecule has 2 fully saturated rings. The molecule has 0 spiro atoms. The van der Waals surface area contributed by atoms with Crippen LogP contribution in [0.5, 0.6) is 0 Å². The van der Waals surface area contributed by atoms with Gasteiger partial charge in [0.2, 0.25) is 0 Å². The van der Waals surface area contributed by atoms with Gasteiger partial charge in [0, 0.05) is 57.7 Å². The summed E-state index contributed by atoms with van der Waals surface area (Å²) < 4.78 is 5.43. The number of anilines is 1. The molecule has 0 aliphatic carbocycles. The number of piperazine rings is 1. The Morgan fingerprint density at radius 2 is 1.90 bits per heavy atom. The number of aryl methyl sites for hydroxylation is 1. The normalized spacial score (nSPS) is 22.1. The first-order chi connectivity index (χ1) is 9.81. The number of aromatic nitrogens is 2. The lowest BCUT2D eigenvalue weighted by molar-refractivity contribution is 0.0517. The van der Waals surface area contributed by atoms with Gasteiger partial charge in [0.1, 0.15) is 12.1 Å². The fourth-order valence-corrected chi connectivity index (χ4v) is 3.07. The van der Waals surface area contributed by atoms with E-state index in [0.717, 1.165) is 56.8 Å². The van der Waals surface area contributed by atoms with Crippen molar-refractivity contribution in [1.29, 1.82) is 0 Å². The molecule has 0 saturated carbocycles. The summed E-state index contributed by atoms with van der Waals surface area (Å²) in [7, 11) is 0. The van der Waals surface area contributed by atoms with Crippen LogP contribution >= 0.6 is 0 Å². The standard InChI is InChI=1S/C15H24N4O/c1-13-10-15(17-12-16-13)19-6-4-18(5-7-19)11-14-2-8-20-9-3-14/h10,12,14H,2-9,11H2,1H3. The van der Waals surface area contributed by atoms with Gasteiger partial charge in [-0.2, -0.15) is 0 Å². The molecular weight excluding hydrogens is 252 g/mol. The Hall–Kier alpha value is -1.20. The summed E-state index contributed by atoms with van der Waals surface area (Å²) >= 11 is 0. The zero-order chi connectivity index (χ0) is 13.8. The molecule has 0 unspecified atom stereocenters. The van der Waals surface area contributed by atoms with Crippen molar-refractivity contribution in [2.24, 2.45) is 5.92 Å². The van der Waals surface area contributed by atoms with E-state index in [1.165, 1.54) is 19.4 Å². The maximum atomic E-state index is 5.43. The Morgan fingerprint density at radius 3 is 2.60 bits per heavy atom. The van der Waals surface area contributed by atoms with Gasteiger partial charge in [0.25, 0.3) is 0 Å². The minimum atomic E-state index is 0.830. The van der Waals surface area contributed by atoms with Gasteiger partial charge in [-0.05, 0) is 25.7 Å². The van der Waals surface area contributed by atoms with Crippen LogP contribution in [0.15, 0.2) is 12.4 Å². The van der Waals surface area contributed by atoms with Crippen molar-refractivity contribution in [3.63, 3.8) is 0 Å². The molecule has 0 N–H and O–H groups in total. The highest BCUT2D eigenvalue weighted by Gasteiger charge is 2.22. The largest absolute Gasteiger partial charge is 0.381 e. The van der Waals surface area contributed by atoms with Crippen molar-refractivity contribution in [3.8, 4) is 0 Å². The van der Waals surface area contributed by atoms with E-state index < -0.39 is 0 Å². The SMILES string of the molecule is Cc1cc(N2CCN(CC3CCOCC3)CC2)ncn1. The topological polar surface area (TPSA) is 41.5 Å². The quantitative estimate of drug-likeness (QED) is 0.833. The summed E-state index contributed by atoms with van der Waals surface area (Å²) in [6.07, 6.45) is 4.12. The third-order valence-corrected chi connectivity index (χ3v) is 4.34. The lowest BCUT2D eigenvalue weighted by atomic mass is 9.99. The lowest BCUT2D eigenvalue weighted by Gasteiger charge is -2.37. The maximum absolute atomic E-state index is 5.43. The van der Waals surface area contributed by atoms with Crippen molar-refractivity contribution >= 4 is 5.82 Å². The predicted molar refractivity (Wildman–Crippen MR) is 79.0 cm³/mol. The van der Waals surface area contributed by atoms with Gasteiger partial charge in [-0.15, -0.1) is 0 Å². The fourth-order valence-electron chi connectivity index (χ4n) is 3.07. The van der Waals surface area contributed by atoms with Gasteiger partial charge >= 0.3 is 0 Å². The van der Waals surface area contributed by atoms with Crippen LogP contribution in [0.3, 0.4) is 0 Å². The summed E-state index contributed by atoms with van der Waals surface area (Å²) in [4.78, 5) is 13.5. The second-order valence-corrected chi connectivity index (χ2v) is 5.86. The summed E-state index contributed by atoms with van der Waals surface area (Å²) in [6, 6.07) is 2.08. The van der Waals surface area contributed by atoms with Crippen LogP contribution in [0.2, 0.25) is 0 Å². The summed E-state index contributed by atoms with van der Waals surface area (Å²) in [5.74, 6) is 1.90. The van der Waals surface area contributed by atoms with Crippen LogP contribution in [0.4, 0.5) is 5.82 Å². The average molecular weight is 276 g/mol. The highest BCUT2D eigenvalue weighted by Crippen LogP contribution is 2.18. The predicted octanol–water partition coefficient (Wildman–Crippen LogP) is 1.33. The van der Waals surface area contributed by atoms with Gasteiger partial charge in [-0.25, -0.2) is 9.97 Å². The second-order valence-electron chi connectivity index (χ2n) is 5.86.